The Kier molecular flexibility index (Phi) is 3.97. The molecule has 2 rings (SSSR count). The predicted molar refractivity (Wildman–Crippen MR) is 72.2 cm³/mol. The molecule has 19 heavy (non-hydrogen) atoms. The number of aromatic nitrogens is 2. The monoisotopic (exact) mass is 277 g/mol. The van der Waals surface area contributed by atoms with Crippen LogP contribution in [0, 0.1) is 0 Å². The first-order valence-corrected chi connectivity index (χ1v) is 6.06. The topological polar surface area (TPSA) is 74.8 Å². The quantitative estimate of drug-likeness (QED) is 0.900. The van der Waals surface area contributed by atoms with Crippen LogP contribution in [-0.4, -0.2) is 16.1 Å². The lowest BCUT2D eigenvalue weighted by Gasteiger charge is -2.13. The standard InChI is InChI=1S/C13H12ClN3O2/c1-8(9-2-4-10(14)5-3-9)15-13(19)11-6-7-12(18)17-16-11/h2-8H,1H3,(H,15,19)(H,17,18)/t8-/m0/s1. The molecule has 2 aromatic rings. The second-order valence-corrected chi connectivity index (χ2v) is 4.49. The highest BCUT2D eigenvalue weighted by Gasteiger charge is 2.12. The summed E-state index contributed by atoms with van der Waals surface area (Å²) in [5.74, 6) is -0.348. The van der Waals surface area contributed by atoms with Crippen molar-refractivity contribution < 1.29 is 4.79 Å². The Bertz CT molecular complexity index is 617. The van der Waals surface area contributed by atoms with E-state index in [1.165, 1.54) is 12.1 Å². The van der Waals surface area contributed by atoms with Crippen LogP contribution in [0.25, 0.3) is 0 Å². The zero-order valence-corrected chi connectivity index (χ0v) is 10.9. The van der Waals surface area contributed by atoms with E-state index >= 15 is 0 Å². The number of H-pyrrole nitrogens is 1. The first-order chi connectivity index (χ1) is 9.06. The Labute approximate surface area is 114 Å². The van der Waals surface area contributed by atoms with Crippen LogP contribution in [0.15, 0.2) is 41.2 Å². The Balaban J connectivity index is 2.08. The summed E-state index contributed by atoms with van der Waals surface area (Å²) in [4.78, 5) is 22.7. The normalized spacial score (nSPS) is 11.9. The van der Waals surface area contributed by atoms with Crippen LogP contribution < -0.4 is 10.9 Å². The number of nitrogens with one attached hydrogen (secondary N) is 2. The minimum atomic E-state index is -0.348. The van der Waals surface area contributed by atoms with Gasteiger partial charge < -0.3 is 5.32 Å². The molecule has 0 bridgehead atoms. The van der Waals surface area contributed by atoms with Crippen LogP contribution in [0.5, 0.6) is 0 Å². The summed E-state index contributed by atoms with van der Waals surface area (Å²) < 4.78 is 0. The first-order valence-electron chi connectivity index (χ1n) is 5.68. The van der Waals surface area contributed by atoms with E-state index in [1.807, 2.05) is 19.1 Å². The fraction of sp³-hybridized carbons (Fsp3) is 0.154. The van der Waals surface area contributed by atoms with E-state index in [9.17, 15) is 9.59 Å². The number of hydrogen-bond acceptors (Lipinski definition) is 3. The summed E-state index contributed by atoms with van der Waals surface area (Å²) in [6.45, 7) is 1.85. The van der Waals surface area contributed by atoms with Gasteiger partial charge in [-0.2, -0.15) is 5.10 Å². The van der Waals surface area contributed by atoms with Gasteiger partial charge >= 0.3 is 0 Å². The average molecular weight is 278 g/mol. The van der Waals surface area contributed by atoms with Gasteiger partial charge in [0.2, 0.25) is 0 Å². The third-order valence-electron chi connectivity index (χ3n) is 2.63. The van der Waals surface area contributed by atoms with Crippen molar-refractivity contribution in [3.8, 4) is 0 Å². The molecule has 1 aromatic carbocycles. The maximum absolute atomic E-state index is 11.9. The molecule has 0 unspecified atom stereocenters. The van der Waals surface area contributed by atoms with Crippen molar-refractivity contribution in [1.82, 2.24) is 15.5 Å². The van der Waals surface area contributed by atoms with Crippen molar-refractivity contribution in [2.45, 2.75) is 13.0 Å². The maximum Gasteiger partial charge on any atom is 0.272 e. The van der Waals surface area contributed by atoms with E-state index < -0.39 is 0 Å². The number of aromatic amines is 1. The van der Waals surface area contributed by atoms with Gasteiger partial charge in [-0.3, -0.25) is 9.59 Å². The summed E-state index contributed by atoms with van der Waals surface area (Å²) in [5, 5.41) is 9.31. The lowest BCUT2D eigenvalue weighted by atomic mass is 10.1. The Morgan fingerprint density at radius 2 is 1.95 bits per heavy atom. The molecule has 1 aromatic heterocycles. The number of hydrogen-bond donors (Lipinski definition) is 2. The fourth-order valence-electron chi connectivity index (χ4n) is 1.58. The van der Waals surface area contributed by atoms with Crippen molar-refractivity contribution in [3.63, 3.8) is 0 Å². The van der Waals surface area contributed by atoms with Gasteiger partial charge in [0.05, 0.1) is 6.04 Å². The minimum Gasteiger partial charge on any atom is -0.344 e. The van der Waals surface area contributed by atoms with Crippen molar-refractivity contribution in [3.05, 3.63) is 63.0 Å². The molecule has 1 atom stereocenters. The second kappa shape index (κ2) is 5.67. The molecule has 0 aliphatic rings. The van der Waals surface area contributed by atoms with Crippen molar-refractivity contribution >= 4 is 17.5 Å². The van der Waals surface area contributed by atoms with Crippen LogP contribution in [-0.2, 0) is 0 Å². The molecule has 2 N–H and O–H groups in total. The van der Waals surface area contributed by atoms with Crippen molar-refractivity contribution in [1.29, 1.82) is 0 Å². The lowest BCUT2D eigenvalue weighted by Crippen LogP contribution is -2.28. The Morgan fingerprint density at radius 1 is 1.26 bits per heavy atom. The number of amides is 1. The van der Waals surface area contributed by atoms with E-state index in [0.29, 0.717) is 5.02 Å². The summed E-state index contributed by atoms with van der Waals surface area (Å²) in [6.07, 6.45) is 0. The highest BCUT2D eigenvalue weighted by molar-refractivity contribution is 6.30. The smallest absolute Gasteiger partial charge is 0.272 e. The molecule has 0 aliphatic carbocycles. The minimum absolute atomic E-state index is 0.167. The molecule has 1 heterocycles. The van der Waals surface area contributed by atoms with Crippen LogP contribution in [0.2, 0.25) is 5.02 Å². The van der Waals surface area contributed by atoms with Gasteiger partial charge in [-0.25, -0.2) is 5.10 Å². The largest absolute Gasteiger partial charge is 0.344 e. The molecule has 1 amide bonds. The van der Waals surface area contributed by atoms with E-state index in [2.05, 4.69) is 15.5 Å². The fourth-order valence-corrected chi connectivity index (χ4v) is 1.70. The van der Waals surface area contributed by atoms with Crippen LogP contribution in [0.3, 0.4) is 0 Å². The predicted octanol–water partition coefficient (Wildman–Crippen LogP) is 1.91. The zero-order valence-electron chi connectivity index (χ0n) is 10.2. The number of halogens is 1. The van der Waals surface area contributed by atoms with Gasteiger partial charge in [0.1, 0.15) is 5.69 Å². The molecule has 0 saturated heterocycles. The average Bonchev–Trinajstić information content (AvgIpc) is 2.40. The van der Waals surface area contributed by atoms with Crippen molar-refractivity contribution in [2.24, 2.45) is 0 Å². The van der Waals surface area contributed by atoms with Gasteiger partial charge in [0.15, 0.2) is 0 Å². The molecule has 6 heteroatoms. The number of benzene rings is 1. The first kappa shape index (κ1) is 13.3. The summed E-state index contributed by atoms with van der Waals surface area (Å²) in [6, 6.07) is 9.66. The van der Waals surface area contributed by atoms with Gasteiger partial charge in [-0.05, 0) is 30.7 Å². The highest BCUT2D eigenvalue weighted by atomic mass is 35.5. The van der Waals surface area contributed by atoms with E-state index in [-0.39, 0.29) is 23.2 Å². The van der Waals surface area contributed by atoms with Gasteiger partial charge in [-0.1, -0.05) is 23.7 Å². The zero-order chi connectivity index (χ0) is 13.8. The SMILES string of the molecule is C[C@H](NC(=O)c1ccc(=O)[nH]n1)c1ccc(Cl)cc1. The molecule has 98 valence electrons. The number of carbonyl (C=O) groups is 1. The van der Waals surface area contributed by atoms with E-state index in [1.54, 1.807) is 12.1 Å². The van der Waals surface area contributed by atoms with Gasteiger partial charge in [0, 0.05) is 11.1 Å². The number of rotatable bonds is 3. The molecule has 5 nitrogen and oxygen atoms in total. The molecular formula is C13H12ClN3O2. The van der Waals surface area contributed by atoms with Gasteiger partial charge in [-0.15, -0.1) is 0 Å². The maximum atomic E-state index is 11.9. The third-order valence-corrected chi connectivity index (χ3v) is 2.88. The Morgan fingerprint density at radius 3 is 2.53 bits per heavy atom. The Hall–Kier alpha value is -2.14. The summed E-state index contributed by atoms with van der Waals surface area (Å²) in [5.41, 5.74) is 0.755. The molecular weight excluding hydrogens is 266 g/mol. The van der Waals surface area contributed by atoms with E-state index in [0.717, 1.165) is 5.56 Å². The van der Waals surface area contributed by atoms with E-state index in [4.69, 9.17) is 11.6 Å². The molecule has 0 spiro atoms. The second-order valence-electron chi connectivity index (χ2n) is 4.05. The third kappa shape index (κ3) is 3.42. The van der Waals surface area contributed by atoms with Crippen LogP contribution in [0.1, 0.15) is 29.0 Å². The molecule has 0 aliphatic heterocycles. The van der Waals surface area contributed by atoms with Gasteiger partial charge in [0.25, 0.3) is 11.5 Å². The summed E-state index contributed by atoms with van der Waals surface area (Å²) >= 11 is 5.80. The lowest BCUT2D eigenvalue weighted by molar-refractivity contribution is 0.0933. The molecule has 0 fully saturated rings. The number of carbonyl (C=O) groups excluding carboxylic acids is 1. The van der Waals surface area contributed by atoms with Crippen LogP contribution >= 0.6 is 11.6 Å². The molecule has 0 radical (unpaired) electrons. The highest BCUT2D eigenvalue weighted by Crippen LogP contribution is 2.16. The number of nitrogens with zero attached hydrogens (tertiary/aromatic N) is 1. The van der Waals surface area contributed by atoms with Crippen molar-refractivity contribution in [2.75, 3.05) is 0 Å². The van der Waals surface area contributed by atoms with Crippen LogP contribution in [0.4, 0.5) is 0 Å². The summed E-state index contributed by atoms with van der Waals surface area (Å²) in [7, 11) is 0. The molecule has 0 saturated carbocycles.